The second-order valence-corrected chi connectivity index (χ2v) is 10.6. The molecule has 3 saturated heterocycles. The van der Waals surface area contributed by atoms with Crippen molar-refractivity contribution < 1.29 is 14.3 Å². The molecule has 0 radical (unpaired) electrons. The molecule has 3 amide bonds. The van der Waals surface area contributed by atoms with Crippen LogP contribution in [-0.4, -0.2) is 76.5 Å². The van der Waals surface area contributed by atoms with Gasteiger partial charge >= 0.3 is 6.03 Å². The van der Waals surface area contributed by atoms with E-state index in [1.165, 1.54) is 22.8 Å². The minimum atomic E-state index is -0.674. The van der Waals surface area contributed by atoms with E-state index in [0.717, 1.165) is 43.7 Å². The van der Waals surface area contributed by atoms with E-state index >= 15 is 0 Å². The molecule has 170 valence electrons. The Hall–Kier alpha value is -1.73. The number of amides is 3. The maximum absolute atomic E-state index is 13.7. The number of piperidine rings is 1. The molecule has 3 heterocycles. The number of carbonyl (C=O) groups excluding carboxylic acids is 2. The van der Waals surface area contributed by atoms with Crippen molar-refractivity contribution in [2.75, 3.05) is 38.2 Å². The van der Waals surface area contributed by atoms with Crippen LogP contribution in [0.3, 0.4) is 0 Å². The highest BCUT2D eigenvalue weighted by molar-refractivity contribution is 7.99. The van der Waals surface area contributed by atoms with Crippen molar-refractivity contribution in [1.82, 2.24) is 14.7 Å². The number of nitrogens with zero attached hydrogens (tertiary/aromatic N) is 3. The number of carbonyl (C=O) groups is 2. The van der Waals surface area contributed by atoms with E-state index < -0.39 is 5.54 Å². The summed E-state index contributed by atoms with van der Waals surface area (Å²) in [6.45, 7) is 7.09. The van der Waals surface area contributed by atoms with Gasteiger partial charge in [0.25, 0.3) is 5.91 Å². The summed E-state index contributed by atoms with van der Waals surface area (Å²) >= 11 is 2.03. The summed E-state index contributed by atoms with van der Waals surface area (Å²) in [5.74, 6) is 3.65. The zero-order valence-electron chi connectivity index (χ0n) is 19.0. The molecule has 7 heteroatoms. The van der Waals surface area contributed by atoms with E-state index in [9.17, 15) is 9.59 Å². The first-order valence-corrected chi connectivity index (χ1v) is 12.7. The van der Waals surface area contributed by atoms with Gasteiger partial charge in [-0.1, -0.05) is 26.0 Å². The van der Waals surface area contributed by atoms with E-state index in [1.807, 2.05) is 40.9 Å². The summed E-state index contributed by atoms with van der Waals surface area (Å²) in [5.41, 5.74) is 0.245. The number of thioether (sulfide) groups is 1. The summed E-state index contributed by atoms with van der Waals surface area (Å²) in [7, 11) is 1.63. The first-order valence-electron chi connectivity index (χ1n) is 11.5. The number of likely N-dealkylation sites (tertiary alicyclic amines) is 1. The van der Waals surface area contributed by atoms with Gasteiger partial charge in [0.2, 0.25) is 0 Å². The third-order valence-corrected chi connectivity index (χ3v) is 8.22. The molecule has 1 atom stereocenters. The molecule has 1 unspecified atom stereocenters. The largest absolute Gasteiger partial charge is 0.497 e. The molecule has 3 fully saturated rings. The molecule has 6 nitrogen and oxygen atoms in total. The number of benzene rings is 1. The molecule has 1 spiro atoms. The standard InChI is InChI=1S/C24H35N3O3S/c1-18(2)7-11-27-23(29)26(16-19-5-4-6-21(15-19)30-3)22(28)24(27)9-12-25(13-10-24)20-8-14-31-17-20/h4-6,15,18,20H,7-14,16-17H2,1-3H3. The molecule has 1 aromatic carbocycles. The van der Waals surface area contributed by atoms with Gasteiger partial charge in [-0.15, -0.1) is 0 Å². The van der Waals surface area contributed by atoms with Crippen LogP contribution >= 0.6 is 11.8 Å². The van der Waals surface area contributed by atoms with Crippen molar-refractivity contribution in [3.8, 4) is 5.75 Å². The Morgan fingerprint density at radius 3 is 2.65 bits per heavy atom. The maximum Gasteiger partial charge on any atom is 0.327 e. The zero-order valence-corrected chi connectivity index (χ0v) is 19.8. The van der Waals surface area contributed by atoms with Gasteiger partial charge in [0.15, 0.2) is 0 Å². The van der Waals surface area contributed by atoms with Crippen LogP contribution in [0, 0.1) is 5.92 Å². The maximum atomic E-state index is 13.7. The van der Waals surface area contributed by atoms with Gasteiger partial charge in [0.1, 0.15) is 11.3 Å². The fourth-order valence-electron chi connectivity index (χ4n) is 5.13. The van der Waals surface area contributed by atoms with Gasteiger partial charge in [0, 0.05) is 31.4 Å². The normalized spacial score (nSPS) is 24.1. The molecular formula is C24H35N3O3S. The minimum Gasteiger partial charge on any atom is -0.497 e. The van der Waals surface area contributed by atoms with Crippen LogP contribution in [0.1, 0.15) is 45.1 Å². The van der Waals surface area contributed by atoms with Crippen molar-refractivity contribution >= 4 is 23.7 Å². The van der Waals surface area contributed by atoms with E-state index in [4.69, 9.17) is 4.74 Å². The average molecular weight is 446 g/mol. The van der Waals surface area contributed by atoms with Gasteiger partial charge < -0.3 is 9.64 Å². The second kappa shape index (κ2) is 9.41. The van der Waals surface area contributed by atoms with Crippen LogP contribution in [0.15, 0.2) is 24.3 Å². The number of hydrogen-bond acceptors (Lipinski definition) is 5. The predicted octanol–water partition coefficient (Wildman–Crippen LogP) is 3.85. The summed E-state index contributed by atoms with van der Waals surface area (Å²) in [6, 6.07) is 8.15. The van der Waals surface area contributed by atoms with Gasteiger partial charge in [0.05, 0.1) is 13.7 Å². The zero-order chi connectivity index (χ0) is 22.0. The molecule has 0 bridgehead atoms. The number of hydrogen-bond donors (Lipinski definition) is 0. The molecule has 3 aliphatic heterocycles. The third-order valence-electron chi connectivity index (χ3n) is 7.07. The van der Waals surface area contributed by atoms with E-state index in [0.29, 0.717) is 25.0 Å². The smallest absolute Gasteiger partial charge is 0.327 e. The minimum absolute atomic E-state index is 0.00970. The van der Waals surface area contributed by atoms with Gasteiger partial charge in [-0.05, 0) is 55.1 Å². The van der Waals surface area contributed by atoms with Crippen molar-refractivity contribution in [1.29, 1.82) is 0 Å². The SMILES string of the molecule is COc1cccc(CN2C(=O)N(CCC(C)C)C3(CCN(C4CCSC4)CC3)C2=O)c1. The van der Waals surface area contributed by atoms with Crippen LogP contribution < -0.4 is 4.74 Å². The van der Waals surface area contributed by atoms with E-state index in [-0.39, 0.29) is 11.9 Å². The molecule has 1 aromatic rings. The van der Waals surface area contributed by atoms with Gasteiger partial charge in [-0.2, -0.15) is 11.8 Å². The summed E-state index contributed by atoms with van der Waals surface area (Å²) in [5, 5.41) is 0. The first-order chi connectivity index (χ1) is 14.9. The number of imide groups is 1. The van der Waals surface area contributed by atoms with Crippen LogP contribution in [0.5, 0.6) is 5.75 Å². The lowest BCUT2D eigenvalue weighted by molar-refractivity contribution is -0.136. The molecule has 0 aliphatic carbocycles. The summed E-state index contributed by atoms with van der Waals surface area (Å²) in [4.78, 5) is 33.2. The fourth-order valence-corrected chi connectivity index (χ4v) is 6.38. The highest BCUT2D eigenvalue weighted by Gasteiger charge is 2.57. The Kier molecular flexibility index (Phi) is 6.82. The quantitative estimate of drug-likeness (QED) is 0.597. The Labute approximate surface area is 190 Å². The van der Waals surface area contributed by atoms with Crippen LogP contribution in [0.4, 0.5) is 4.79 Å². The Balaban J connectivity index is 1.54. The van der Waals surface area contributed by atoms with E-state index in [1.54, 1.807) is 7.11 Å². The molecule has 0 N–H and O–H groups in total. The second-order valence-electron chi connectivity index (χ2n) is 9.44. The number of methoxy groups -OCH3 is 1. The summed E-state index contributed by atoms with van der Waals surface area (Å²) < 4.78 is 5.32. The fraction of sp³-hybridized carbons (Fsp3) is 0.667. The number of rotatable bonds is 7. The molecule has 0 aromatic heterocycles. The highest BCUT2D eigenvalue weighted by Crippen LogP contribution is 2.40. The summed E-state index contributed by atoms with van der Waals surface area (Å²) in [6.07, 6.45) is 3.64. The topological polar surface area (TPSA) is 53.1 Å². The molecule has 4 rings (SSSR count). The highest BCUT2D eigenvalue weighted by atomic mass is 32.2. The van der Waals surface area contributed by atoms with Crippen LogP contribution in [-0.2, 0) is 11.3 Å². The molecule has 3 aliphatic rings. The monoisotopic (exact) mass is 445 g/mol. The van der Waals surface area contributed by atoms with Crippen molar-refractivity contribution in [2.24, 2.45) is 5.92 Å². The Morgan fingerprint density at radius 2 is 2.00 bits per heavy atom. The lowest BCUT2D eigenvalue weighted by Crippen LogP contribution is -2.58. The third kappa shape index (κ3) is 4.44. The lowest BCUT2D eigenvalue weighted by Gasteiger charge is -2.44. The first kappa shape index (κ1) is 22.5. The number of urea groups is 1. The average Bonchev–Trinajstić information content (AvgIpc) is 3.37. The molecular weight excluding hydrogens is 410 g/mol. The van der Waals surface area contributed by atoms with E-state index in [2.05, 4.69) is 18.7 Å². The number of ether oxygens (including phenoxy) is 1. The van der Waals surface area contributed by atoms with Crippen molar-refractivity contribution in [3.63, 3.8) is 0 Å². The van der Waals surface area contributed by atoms with Crippen LogP contribution in [0.2, 0.25) is 0 Å². The van der Waals surface area contributed by atoms with Gasteiger partial charge in [-0.3, -0.25) is 14.6 Å². The van der Waals surface area contributed by atoms with Crippen molar-refractivity contribution in [2.45, 2.75) is 57.7 Å². The van der Waals surface area contributed by atoms with Crippen molar-refractivity contribution in [3.05, 3.63) is 29.8 Å². The van der Waals surface area contributed by atoms with Gasteiger partial charge in [-0.25, -0.2) is 4.79 Å². The van der Waals surface area contributed by atoms with Crippen LogP contribution in [0.25, 0.3) is 0 Å². The Morgan fingerprint density at radius 1 is 1.23 bits per heavy atom. The molecule has 31 heavy (non-hydrogen) atoms. The predicted molar refractivity (Wildman–Crippen MR) is 124 cm³/mol. The lowest BCUT2D eigenvalue weighted by atomic mass is 9.84. The molecule has 0 saturated carbocycles. The Bertz CT molecular complexity index is 801.